The number of carbonyl (C=O) groups excluding carboxylic acids is 2. The van der Waals surface area contributed by atoms with Crippen LogP contribution >= 0.6 is 0 Å². The maximum Gasteiger partial charge on any atom is 0.310 e. The molecule has 0 saturated carbocycles. The molecule has 128 valence electrons. The molecule has 3 aromatic rings. The fourth-order valence-corrected chi connectivity index (χ4v) is 2.47. The predicted octanol–water partition coefficient (Wildman–Crippen LogP) is 3.99. The zero-order valence-electron chi connectivity index (χ0n) is 13.3. The summed E-state index contributed by atoms with van der Waals surface area (Å²) in [5.74, 6) is -3.07. The summed E-state index contributed by atoms with van der Waals surface area (Å²) in [7, 11) is 0. The molecule has 0 aliphatic rings. The van der Waals surface area contributed by atoms with Gasteiger partial charge in [0.25, 0.3) is 0 Å². The largest absolute Gasteiger partial charge is 0.464 e. The molecule has 0 amide bonds. The third-order valence-corrected chi connectivity index (χ3v) is 3.74. The van der Waals surface area contributed by atoms with E-state index in [0.717, 1.165) is 29.1 Å². The summed E-state index contributed by atoms with van der Waals surface area (Å²) in [5, 5.41) is 0.782. The monoisotopic (exact) mass is 344 g/mol. The Morgan fingerprint density at radius 1 is 1.12 bits per heavy atom. The lowest BCUT2D eigenvalue weighted by Gasteiger charge is -2.05. The van der Waals surface area contributed by atoms with Crippen molar-refractivity contribution in [2.24, 2.45) is 0 Å². The van der Waals surface area contributed by atoms with E-state index in [4.69, 9.17) is 9.15 Å². The van der Waals surface area contributed by atoms with E-state index in [9.17, 15) is 18.4 Å². The van der Waals surface area contributed by atoms with Gasteiger partial charge in [-0.1, -0.05) is 12.1 Å². The van der Waals surface area contributed by atoms with Crippen LogP contribution in [0.25, 0.3) is 11.0 Å². The van der Waals surface area contributed by atoms with Gasteiger partial charge in [0.1, 0.15) is 17.2 Å². The number of fused-ring (bicyclic) bond motifs is 1. The number of hydrogen-bond donors (Lipinski definition) is 0. The summed E-state index contributed by atoms with van der Waals surface area (Å²) < 4.78 is 36.9. The predicted molar refractivity (Wildman–Crippen MR) is 86.3 cm³/mol. The van der Waals surface area contributed by atoms with Gasteiger partial charge < -0.3 is 9.15 Å². The van der Waals surface area contributed by atoms with Crippen LogP contribution in [0.5, 0.6) is 0 Å². The Morgan fingerprint density at radius 3 is 2.72 bits per heavy atom. The Labute approximate surface area is 142 Å². The summed E-state index contributed by atoms with van der Waals surface area (Å²) in [4.78, 5) is 23.8. The molecule has 0 fully saturated rings. The van der Waals surface area contributed by atoms with E-state index >= 15 is 0 Å². The number of halogens is 2. The number of Topliss-reactive ketones (excluding diaryl/α,β-unsaturated/α-hetero) is 1. The number of carbonyl (C=O) groups is 2. The lowest BCUT2D eigenvalue weighted by Crippen LogP contribution is -2.16. The molecule has 0 radical (unpaired) electrons. The summed E-state index contributed by atoms with van der Waals surface area (Å²) in [6.07, 6.45) is 1.37. The van der Waals surface area contributed by atoms with Gasteiger partial charge in [-0.25, -0.2) is 8.78 Å². The number of ketones is 1. The van der Waals surface area contributed by atoms with Crippen LogP contribution in [0, 0.1) is 18.6 Å². The van der Waals surface area contributed by atoms with Gasteiger partial charge in [-0.3, -0.25) is 9.59 Å². The van der Waals surface area contributed by atoms with Crippen LogP contribution in [0.1, 0.15) is 21.5 Å². The van der Waals surface area contributed by atoms with E-state index in [1.807, 2.05) is 25.1 Å². The number of benzene rings is 2. The molecule has 0 aliphatic heterocycles. The highest BCUT2D eigenvalue weighted by atomic mass is 19.1. The molecule has 6 heteroatoms. The van der Waals surface area contributed by atoms with E-state index in [2.05, 4.69) is 0 Å². The molecular formula is C19H14F2O4. The molecule has 0 atom stereocenters. The molecule has 2 aromatic carbocycles. The molecule has 1 aromatic heterocycles. The average Bonchev–Trinajstić information content (AvgIpc) is 2.96. The zero-order valence-corrected chi connectivity index (χ0v) is 13.3. The number of hydrogen-bond acceptors (Lipinski definition) is 4. The van der Waals surface area contributed by atoms with Crippen LogP contribution in [0.2, 0.25) is 0 Å². The minimum absolute atomic E-state index is 0.0883. The van der Waals surface area contributed by atoms with E-state index < -0.39 is 35.6 Å². The quantitative estimate of drug-likeness (QED) is 0.519. The van der Waals surface area contributed by atoms with Gasteiger partial charge in [0, 0.05) is 10.9 Å². The second-order valence-electron chi connectivity index (χ2n) is 5.65. The molecule has 0 bridgehead atoms. The third kappa shape index (κ3) is 3.74. The Morgan fingerprint density at radius 2 is 1.92 bits per heavy atom. The topological polar surface area (TPSA) is 56.5 Å². The third-order valence-electron chi connectivity index (χ3n) is 3.74. The van der Waals surface area contributed by atoms with Gasteiger partial charge in [-0.05, 0) is 36.8 Å². The Hall–Kier alpha value is -3.02. The van der Waals surface area contributed by atoms with Crippen LogP contribution in [0.3, 0.4) is 0 Å². The maximum absolute atomic E-state index is 13.5. The molecule has 0 N–H and O–H groups in total. The second kappa shape index (κ2) is 6.84. The first-order valence-electron chi connectivity index (χ1n) is 7.54. The van der Waals surface area contributed by atoms with Crippen molar-refractivity contribution in [3.05, 3.63) is 71.0 Å². The van der Waals surface area contributed by atoms with Crippen LogP contribution in [-0.2, 0) is 16.0 Å². The van der Waals surface area contributed by atoms with Crippen molar-refractivity contribution in [1.29, 1.82) is 0 Å². The molecule has 4 nitrogen and oxygen atoms in total. The minimum Gasteiger partial charge on any atom is -0.464 e. The van der Waals surface area contributed by atoms with Crippen molar-refractivity contribution >= 4 is 22.7 Å². The van der Waals surface area contributed by atoms with Crippen molar-refractivity contribution in [3.8, 4) is 0 Å². The highest BCUT2D eigenvalue weighted by molar-refractivity contribution is 5.98. The van der Waals surface area contributed by atoms with Gasteiger partial charge in [-0.15, -0.1) is 0 Å². The highest BCUT2D eigenvalue weighted by Gasteiger charge is 2.17. The van der Waals surface area contributed by atoms with Gasteiger partial charge in [0.05, 0.1) is 18.2 Å². The number of furan rings is 1. The van der Waals surface area contributed by atoms with Crippen LogP contribution in [-0.4, -0.2) is 18.4 Å². The average molecular weight is 344 g/mol. The first kappa shape index (κ1) is 16.8. The van der Waals surface area contributed by atoms with E-state index in [1.165, 1.54) is 6.26 Å². The molecule has 3 rings (SSSR count). The number of esters is 1. The van der Waals surface area contributed by atoms with Gasteiger partial charge in [-0.2, -0.15) is 0 Å². The Balaban J connectivity index is 1.64. The SMILES string of the molecule is Cc1ccc2c(CC(=O)OCC(=O)c3cc(F)ccc3F)coc2c1. The number of rotatable bonds is 5. The number of aryl methyl sites for hydroxylation is 1. The van der Waals surface area contributed by atoms with Gasteiger partial charge in [0.15, 0.2) is 6.61 Å². The number of ether oxygens (including phenoxy) is 1. The van der Waals surface area contributed by atoms with E-state index in [-0.39, 0.29) is 6.42 Å². The molecule has 1 heterocycles. The summed E-state index contributed by atoms with van der Waals surface area (Å²) >= 11 is 0. The molecule has 0 aliphatic carbocycles. The lowest BCUT2D eigenvalue weighted by molar-refractivity contribution is -0.141. The fraction of sp³-hybridized carbons (Fsp3) is 0.158. The van der Waals surface area contributed by atoms with E-state index in [1.54, 1.807) is 0 Å². The first-order chi connectivity index (χ1) is 11.9. The van der Waals surface area contributed by atoms with Crippen LogP contribution in [0.4, 0.5) is 8.78 Å². The normalized spacial score (nSPS) is 10.8. The van der Waals surface area contributed by atoms with Crippen LogP contribution in [0.15, 0.2) is 47.1 Å². The molecule has 25 heavy (non-hydrogen) atoms. The summed E-state index contributed by atoms with van der Waals surface area (Å²) in [5.41, 5.74) is 1.86. The molecule has 0 saturated heterocycles. The Kier molecular flexibility index (Phi) is 4.61. The van der Waals surface area contributed by atoms with Crippen molar-refractivity contribution in [2.45, 2.75) is 13.3 Å². The molecular weight excluding hydrogens is 330 g/mol. The van der Waals surface area contributed by atoms with Crippen molar-refractivity contribution in [1.82, 2.24) is 0 Å². The summed E-state index contributed by atoms with van der Waals surface area (Å²) in [6, 6.07) is 8.11. The maximum atomic E-state index is 13.5. The second-order valence-corrected chi connectivity index (χ2v) is 5.65. The van der Waals surface area contributed by atoms with Crippen molar-refractivity contribution in [3.63, 3.8) is 0 Å². The molecule has 0 spiro atoms. The standard InChI is InChI=1S/C19H14F2O4/c1-11-2-4-14-12(9-24-18(14)6-11)7-19(23)25-10-17(22)15-8-13(20)3-5-16(15)21/h2-6,8-9H,7,10H2,1H3. The lowest BCUT2D eigenvalue weighted by atomic mass is 10.1. The highest BCUT2D eigenvalue weighted by Crippen LogP contribution is 2.23. The smallest absolute Gasteiger partial charge is 0.310 e. The van der Waals surface area contributed by atoms with Gasteiger partial charge >= 0.3 is 5.97 Å². The van der Waals surface area contributed by atoms with E-state index in [0.29, 0.717) is 11.1 Å². The zero-order chi connectivity index (χ0) is 18.0. The molecule has 0 unspecified atom stereocenters. The van der Waals surface area contributed by atoms with Crippen molar-refractivity contribution in [2.75, 3.05) is 6.61 Å². The first-order valence-corrected chi connectivity index (χ1v) is 7.54. The summed E-state index contributed by atoms with van der Waals surface area (Å²) in [6.45, 7) is 1.27. The van der Waals surface area contributed by atoms with Crippen LogP contribution < -0.4 is 0 Å². The van der Waals surface area contributed by atoms with Crippen molar-refractivity contribution < 1.29 is 27.5 Å². The fourth-order valence-electron chi connectivity index (χ4n) is 2.47. The van der Waals surface area contributed by atoms with Gasteiger partial charge in [0.2, 0.25) is 5.78 Å². The minimum atomic E-state index is -0.862. The Bertz CT molecular complexity index is 959.